The van der Waals surface area contributed by atoms with E-state index in [1.165, 1.54) is 11.1 Å². The highest BCUT2D eigenvalue weighted by Crippen LogP contribution is 2.32. The Balaban J connectivity index is 1.50. The van der Waals surface area contributed by atoms with E-state index in [0.717, 1.165) is 5.75 Å². The zero-order valence-corrected chi connectivity index (χ0v) is 15.8. The van der Waals surface area contributed by atoms with Gasteiger partial charge in [0.1, 0.15) is 18.2 Å². The summed E-state index contributed by atoms with van der Waals surface area (Å²) in [5.74, 6) is 1.20. The topological polar surface area (TPSA) is 67.9 Å². The number of nitrogens with one attached hydrogen (secondary N) is 1. The molecule has 5 nitrogen and oxygen atoms in total. The van der Waals surface area contributed by atoms with Gasteiger partial charge in [-0.15, -0.1) is 0 Å². The van der Waals surface area contributed by atoms with Crippen molar-refractivity contribution in [2.75, 3.05) is 0 Å². The second kappa shape index (κ2) is 7.27. The van der Waals surface area contributed by atoms with Gasteiger partial charge in [-0.25, -0.2) is 4.98 Å². The van der Waals surface area contributed by atoms with E-state index in [0.29, 0.717) is 16.7 Å². The first-order chi connectivity index (χ1) is 13.5. The third kappa shape index (κ3) is 3.51. The van der Waals surface area contributed by atoms with Gasteiger partial charge in [0.15, 0.2) is 0 Å². The van der Waals surface area contributed by atoms with Crippen molar-refractivity contribution in [3.8, 4) is 5.75 Å². The Morgan fingerprint density at radius 1 is 0.964 bits per heavy atom. The normalized spacial score (nSPS) is 11.5. The third-order valence-corrected chi connectivity index (χ3v) is 5.00. The molecule has 0 bridgehead atoms. The number of pyridine rings is 1. The Kier molecular flexibility index (Phi) is 4.65. The van der Waals surface area contributed by atoms with Crippen LogP contribution in [0.2, 0.25) is 0 Å². The second-order valence-electron chi connectivity index (χ2n) is 7.21. The lowest BCUT2D eigenvalue weighted by atomic mass is 9.78. The first-order valence-electron chi connectivity index (χ1n) is 9.16. The maximum Gasteiger partial charge on any atom is 0.258 e. The Labute approximate surface area is 163 Å². The minimum absolute atomic E-state index is 0.0993. The molecular formula is C23H21N3O2. The number of benzene rings is 2. The molecule has 0 amide bonds. The fourth-order valence-electron chi connectivity index (χ4n) is 3.25. The molecule has 140 valence electrons. The Bertz CT molecular complexity index is 1150. The van der Waals surface area contributed by atoms with E-state index in [9.17, 15) is 4.79 Å². The standard InChI is InChI=1S/C23H21N3O2/c1-23(2,16-6-4-3-5-7-16)17-8-10-18(11-9-17)28-15-21-25-20-14-24-13-12-19(20)22(27)26-21/h3-14H,15H2,1-2H3,(H,25,26,27). The van der Waals surface area contributed by atoms with Crippen LogP contribution in [-0.4, -0.2) is 15.0 Å². The molecule has 0 radical (unpaired) electrons. The molecule has 2 heterocycles. The van der Waals surface area contributed by atoms with Crippen LogP contribution in [0.15, 0.2) is 77.9 Å². The summed E-state index contributed by atoms with van der Waals surface area (Å²) in [5, 5.41) is 0.520. The van der Waals surface area contributed by atoms with Crippen molar-refractivity contribution in [2.45, 2.75) is 25.9 Å². The highest BCUT2D eigenvalue weighted by molar-refractivity contribution is 5.75. The number of hydrogen-bond acceptors (Lipinski definition) is 4. The number of aromatic amines is 1. The van der Waals surface area contributed by atoms with Gasteiger partial charge in [0, 0.05) is 11.6 Å². The SMILES string of the molecule is CC(C)(c1ccccc1)c1ccc(OCc2nc3cnccc3c(=O)[nH]2)cc1. The highest BCUT2D eigenvalue weighted by atomic mass is 16.5. The van der Waals surface area contributed by atoms with Gasteiger partial charge >= 0.3 is 0 Å². The minimum atomic E-state index is -0.189. The fraction of sp³-hybridized carbons (Fsp3) is 0.174. The summed E-state index contributed by atoms with van der Waals surface area (Å²) in [5.41, 5.74) is 2.73. The lowest BCUT2D eigenvalue weighted by Crippen LogP contribution is -2.18. The number of fused-ring (bicyclic) bond motifs is 1. The molecule has 4 aromatic rings. The first kappa shape index (κ1) is 17.9. The molecular weight excluding hydrogens is 350 g/mol. The van der Waals surface area contributed by atoms with Gasteiger partial charge in [-0.1, -0.05) is 56.3 Å². The van der Waals surface area contributed by atoms with Crippen LogP contribution >= 0.6 is 0 Å². The predicted octanol–water partition coefficient (Wildman–Crippen LogP) is 4.22. The van der Waals surface area contributed by atoms with E-state index in [1.807, 2.05) is 18.2 Å². The Morgan fingerprint density at radius 3 is 2.43 bits per heavy atom. The molecule has 0 unspecified atom stereocenters. The summed E-state index contributed by atoms with van der Waals surface area (Å²) in [4.78, 5) is 23.3. The maximum atomic E-state index is 12.1. The van der Waals surface area contributed by atoms with Crippen LogP contribution in [-0.2, 0) is 12.0 Å². The molecule has 2 aromatic carbocycles. The van der Waals surface area contributed by atoms with Crippen LogP contribution in [0.3, 0.4) is 0 Å². The minimum Gasteiger partial charge on any atom is -0.486 e. The summed E-state index contributed by atoms with van der Waals surface area (Å²) in [7, 11) is 0. The number of hydrogen-bond donors (Lipinski definition) is 1. The fourth-order valence-corrected chi connectivity index (χ4v) is 3.25. The molecule has 0 aliphatic heterocycles. The van der Waals surface area contributed by atoms with E-state index in [-0.39, 0.29) is 17.6 Å². The second-order valence-corrected chi connectivity index (χ2v) is 7.21. The molecule has 28 heavy (non-hydrogen) atoms. The predicted molar refractivity (Wildman–Crippen MR) is 110 cm³/mol. The van der Waals surface area contributed by atoms with Gasteiger partial charge in [-0.3, -0.25) is 9.78 Å². The third-order valence-electron chi connectivity index (χ3n) is 5.00. The molecule has 0 saturated carbocycles. The average molecular weight is 371 g/mol. The molecule has 4 rings (SSSR count). The maximum absolute atomic E-state index is 12.1. The van der Waals surface area contributed by atoms with Crippen LogP contribution in [0.4, 0.5) is 0 Å². The zero-order chi connectivity index (χ0) is 19.6. The van der Waals surface area contributed by atoms with E-state index in [2.05, 4.69) is 65.2 Å². The van der Waals surface area contributed by atoms with Gasteiger partial charge in [0.2, 0.25) is 0 Å². The molecule has 0 fully saturated rings. The van der Waals surface area contributed by atoms with E-state index >= 15 is 0 Å². The zero-order valence-electron chi connectivity index (χ0n) is 15.8. The van der Waals surface area contributed by atoms with Crippen LogP contribution < -0.4 is 10.3 Å². The molecule has 5 heteroatoms. The van der Waals surface area contributed by atoms with Crippen LogP contribution in [0.25, 0.3) is 10.9 Å². The highest BCUT2D eigenvalue weighted by Gasteiger charge is 2.22. The number of ether oxygens (including phenoxy) is 1. The smallest absolute Gasteiger partial charge is 0.258 e. The molecule has 0 aliphatic rings. The van der Waals surface area contributed by atoms with E-state index in [4.69, 9.17) is 4.74 Å². The molecule has 0 spiro atoms. The molecule has 0 atom stereocenters. The number of H-pyrrole nitrogens is 1. The number of aromatic nitrogens is 3. The summed E-state index contributed by atoms with van der Waals surface area (Å²) < 4.78 is 5.82. The summed E-state index contributed by atoms with van der Waals surface area (Å²) >= 11 is 0. The van der Waals surface area contributed by atoms with Gasteiger partial charge in [-0.2, -0.15) is 0 Å². The van der Waals surface area contributed by atoms with Gasteiger partial charge in [0.25, 0.3) is 5.56 Å². The molecule has 0 saturated heterocycles. The quantitative estimate of drug-likeness (QED) is 0.570. The summed E-state index contributed by atoms with van der Waals surface area (Å²) in [6.07, 6.45) is 3.16. The Morgan fingerprint density at radius 2 is 1.68 bits per heavy atom. The first-order valence-corrected chi connectivity index (χ1v) is 9.16. The van der Waals surface area contributed by atoms with Crippen molar-refractivity contribution < 1.29 is 4.74 Å². The van der Waals surface area contributed by atoms with Gasteiger partial charge in [0.05, 0.1) is 17.1 Å². The van der Waals surface area contributed by atoms with Gasteiger partial charge < -0.3 is 9.72 Å². The van der Waals surface area contributed by atoms with Crippen LogP contribution in [0.5, 0.6) is 5.75 Å². The Hall–Kier alpha value is -3.47. The van der Waals surface area contributed by atoms with Crippen molar-refractivity contribution in [1.82, 2.24) is 15.0 Å². The monoisotopic (exact) mass is 371 g/mol. The van der Waals surface area contributed by atoms with Crippen molar-refractivity contribution in [1.29, 1.82) is 0 Å². The van der Waals surface area contributed by atoms with Crippen LogP contribution in [0.1, 0.15) is 30.8 Å². The summed E-state index contributed by atoms with van der Waals surface area (Å²) in [6.45, 7) is 4.59. The van der Waals surface area contributed by atoms with Crippen LogP contribution in [0, 0.1) is 0 Å². The van der Waals surface area contributed by atoms with Crippen molar-refractivity contribution in [3.05, 3.63) is 100 Å². The van der Waals surface area contributed by atoms with Gasteiger partial charge in [-0.05, 0) is 29.3 Å². The van der Waals surface area contributed by atoms with Crippen molar-refractivity contribution in [2.24, 2.45) is 0 Å². The molecule has 2 aromatic heterocycles. The lowest BCUT2D eigenvalue weighted by Gasteiger charge is -2.26. The molecule has 1 N–H and O–H groups in total. The average Bonchev–Trinajstić information content (AvgIpc) is 2.73. The van der Waals surface area contributed by atoms with E-state index in [1.54, 1.807) is 18.5 Å². The van der Waals surface area contributed by atoms with Crippen molar-refractivity contribution >= 4 is 10.9 Å². The lowest BCUT2D eigenvalue weighted by molar-refractivity contribution is 0.296. The summed E-state index contributed by atoms with van der Waals surface area (Å²) in [6, 6.07) is 20.1. The number of rotatable bonds is 5. The number of nitrogens with zero attached hydrogens (tertiary/aromatic N) is 2. The largest absolute Gasteiger partial charge is 0.486 e. The molecule has 0 aliphatic carbocycles. The van der Waals surface area contributed by atoms with Crippen molar-refractivity contribution in [3.63, 3.8) is 0 Å². The van der Waals surface area contributed by atoms with E-state index < -0.39 is 0 Å².